The lowest BCUT2D eigenvalue weighted by molar-refractivity contribution is 1.37. The van der Waals surface area contributed by atoms with Crippen LogP contribution in [-0.4, -0.2) is 4.98 Å². The molecule has 0 saturated carbocycles. The number of aromatic nitrogens is 1. The van der Waals surface area contributed by atoms with Gasteiger partial charge in [-0.15, -0.1) is 11.3 Å². The normalized spacial score (nSPS) is 10.1. The first kappa shape index (κ1) is 9.02. The first-order chi connectivity index (χ1) is 6.75. The topological polar surface area (TPSA) is 50.9 Å². The Kier molecular flexibility index (Phi) is 2.37. The number of benzene rings is 1. The molecule has 0 spiro atoms. The number of aryl methyl sites for hydroxylation is 1. The van der Waals surface area contributed by atoms with E-state index in [1.165, 1.54) is 0 Å². The first-order valence-electron chi connectivity index (χ1n) is 4.28. The summed E-state index contributed by atoms with van der Waals surface area (Å²) in [7, 11) is 0. The maximum absolute atomic E-state index is 5.70. The van der Waals surface area contributed by atoms with Gasteiger partial charge < -0.3 is 11.1 Å². The molecule has 2 rings (SSSR count). The van der Waals surface area contributed by atoms with Crippen LogP contribution in [0.15, 0.2) is 29.8 Å². The highest BCUT2D eigenvalue weighted by atomic mass is 32.1. The molecule has 0 fully saturated rings. The quantitative estimate of drug-likeness (QED) is 0.741. The van der Waals surface area contributed by atoms with Gasteiger partial charge in [-0.25, -0.2) is 4.98 Å². The summed E-state index contributed by atoms with van der Waals surface area (Å²) in [5, 5.41) is 6.04. The molecule has 1 heterocycles. The predicted molar refractivity (Wildman–Crippen MR) is 61.0 cm³/mol. The van der Waals surface area contributed by atoms with Crippen molar-refractivity contribution in [3.05, 3.63) is 35.3 Å². The molecule has 4 heteroatoms. The molecule has 0 radical (unpaired) electrons. The highest BCUT2D eigenvalue weighted by Crippen LogP contribution is 2.23. The summed E-state index contributed by atoms with van der Waals surface area (Å²) >= 11 is 1.57. The molecule has 0 unspecified atom stereocenters. The summed E-state index contributed by atoms with van der Waals surface area (Å²) in [6.45, 7) is 2.04. The van der Waals surface area contributed by atoms with E-state index >= 15 is 0 Å². The summed E-state index contributed by atoms with van der Waals surface area (Å²) in [5.41, 5.74) is 8.63. The fourth-order valence-electron chi connectivity index (χ4n) is 1.17. The Morgan fingerprint density at radius 1 is 1.43 bits per heavy atom. The molecule has 0 amide bonds. The summed E-state index contributed by atoms with van der Waals surface area (Å²) in [6, 6.07) is 5.80. The third-order valence-corrected chi connectivity index (χ3v) is 2.62. The first-order valence-corrected chi connectivity index (χ1v) is 5.16. The molecule has 3 N–H and O–H groups in total. The van der Waals surface area contributed by atoms with Gasteiger partial charge >= 0.3 is 0 Å². The van der Waals surface area contributed by atoms with E-state index in [0.29, 0.717) is 0 Å². The number of hydrogen-bond acceptors (Lipinski definition) is 4. The van der Waals surface area contributed by atoms with Crippen molar-refractivity contribution >= 4 is 27.8 Å². The summed E-state index contributed by atoms with van der Waals surface area (Å²) < 4.78 is 0. The molecule has 0 aliphatic rings. The lowest BCUT2D eigenvalue weighted by Crippen LogP contribution is -1.94. The van der Waals surface area contributed by atoms with Gasteiger partial charge in [0, 0.05) is 23.0 Å². The molecule has 0 saturated heterocycles. The molecule has 0 bridgehead atoms. The van der Waals surface area contributed by atoms with E-state index < -0.39 is 0 Å². The van der Waals surface area contributed by atoms with Gasteiger partial charge in [0.05, 0.1) is 0 Å². The second-order valence-corrected chi connectivity index (χ2v) is 3.93. The van der Waals surface area contributed by atoms with Crippen molar-refractivity contribution in [2.45, 2.75) is 6.92 Å². The standard InChI is InChI=1S/C10H11N3S/c1-7-2-3-8(11)6-9(7)13-10-12-4-5-14-10/h2-6H,11H2,1H3,(H,12,13). The molecule has 72 valence electrons. The van der Waals surface area contributed by atoms with E-state index in [1.807, 2.05) is 30.5 Å². The van der Waals surface area contributed by atoms with Crippen LogP contribution < -0.4 is 11.1 Å². The smallest absolute Gasteiger partial charge is 0.187 e. The highest BCUT2D eigenvalue weighted by Gasteiger charge is 2.00. The Bertz CT molecular complexity index is 423. The van der Waals surface area contributed by atoms with Gasteiger partial charge in [0.2, 0.25) is 0 Å². The molecule has 0 atom stereocenters. The summed E-state index contributed by atoms with van der Waals surface area (Å²) in [6.07, 6.45) is 1.77. The third kappa shape index (κ3) is 1.85. The average molecular weight is 205 g/mol. The number of thiazole rings is 1. The van der Waals surface area contributed by atoms with Crippen molar-refractivity contribution < 1.29 is 0 Å². The zero-order valence-electron chi connectivity index (χ0n) is 7.82. The second kappa shape index (κ2) is 3.67. The van der Waals surface area contributed by atoms with Crippen molar-refractivity contribution in [3.8, 4) is 0 Å². The monoisotopic (exact) mass is 205 g/mol. The SMILES string of the molecule is Cc1ccc(N)cc1Nc1nccs1. The number of nitrogen functional groups attached to an aromatic ring is 1. The van der Waals surface area contributed by atoms with Gasteiger partial charge in [-0.1, -0.05) is 6.07 Å². The molecule has 3 nitrogen and oxygen atoms in total. The van der Waals surface area contributed by atoms with Crippen molar-refractivity contribution in [1.82, 2.24) is 4.98 Å². The number of nitrogens with one attached hydrogen (secondary N) is 1. The largest absolute Gasteiger partial charge is 0.399 e. The minimum absolute atomic E-state index is 0.759. The Hall–Kier alpha value is -1.55. The Labute approximate surface area is 86.6 Å². The lowest BCUT2D eigenvalue weighted by atomic mass is 10.2. The number of hydrogen-bond donors (Lipinski definition) is 2. The van der Waals surface area contributed by atoms with E-state index in [2.05, 4.69) is 10.3 Å². The zero-order valence-corrected chi connectivity index (χ0v) is 8.64. The van der Waals surface area contributed by atoms with Crippen molar-refractivity contribution in [2.24, 2.45) is 0 Å². The van der Waals surface area contributed by atoms with Gasteiger partial charge in [0.25, 0.3) is 0 Å². The van der Waals surface area contributed by atoms with Crippen LogP contribution in [0, 0.1) is 6.92 Å². The Morgan fingerprint density at radius 3 is 3.00 bits per heavy atom. The second-order valence-electron chi connectivity index (χ2n) is 3.04. The van der Waals surface area contributed by atoms with Crippen LogP contribution in [0.5, 0.6) is 0 Å². The zero-order chi connectivity index (χ0) is 9.97. The van der Waals surface area contributed by atoms with Crippen LogP contribution in [-0.2, 0) is 0 Å². The highest BCUT2D eigenvalue weighted by molar-refractivity contribution is 7.13. The molecule has 2 aromatic rings. The molecular formula is C10H11N3S. The average Bonchev–Trinajstić information content (AvgIpc) is 2.64. The van der Waals surface area contributed by atoms with Gasteiger partial charge in [-0.05, 0) is 24.6 Å². The van der Waals surface area contributed by atoms with Crippen molar-refractivity contribution in [2.75, 3.05) is 11.1 Å². The van der Waals surface area contributed by atoms with Crippen LogP contribution in [0.1, 0.15) is 5.56 Å². The summed E-state index contributed by atoms with van der Waals surface area (Å²) in [4.78, 5) is 4.15. The minimum Gasteiger partial charge on any atom is -0.399 e. The summed E-state index contributed by atoms with van der Waals surface area (Å²) in [5.74, 6) is 0. The fraction of sp³-hybridized carbons (Fsp3) is 0.100. The predicted octanol–water partition coefficient (Wildman–Crippen LogP) is 2.78. The molecule has 1 aromatic carbocycles. The third-order valence-electron chi connectivity index (χ3n) is 1.94. The molecule has 1 aromatic heterocycles. The van der Waals surface area contributed by atoms with Gasteiger partial charge in [0.1, 0.15) is 0 Å². The Balaban J connectivity index is 2.28. The van der Waals surface area contributed by atoms with Crippen LogP contribution in [0.3, 0.4) is 0 Å². The maximum atomic E-state index is 5.70. The van der Waals surface area contributed by atoms with Crippen LogP contribution in [0.2, 0.25) is 0 Å². The molecule has 14 heavy (non-hydrogen) atoms. The van der Waals surface area contributed by atoms with E-state index in [1.54, 1.807) is 17.5 Å². The van der Waals surface area contributed by atoms with Gasteiger partial charge in [-0.2, -0.15) is 0 Å². The fourth-order valence-corrected chi connectivity index (χ4v) is 1.72. The van der Waals surface area contributed by atoms with E-state index in [-0.39, 0.29) is 0 Å². The molecule has 0 aliphatic heterocycles. The number of nitrogens with zero attached hydrogens (tertiary/aromatic N) is 1. The van der Waals surface area contributed by atoms with Gasteiger partial charge in [0.15, 0.2) is 5.13 Å². The van der Waals surface area contributed by atoms with Crippen LogP contribution in [0.4, 0.5) is 16.5 Å². The van der Waals surface area contributed by atoms with E-state index in [0.717, 1.165) is 22.1 Å². The lowest BCUT2D eigenvalue weighted by Gasteiger charge is -2.07. The number of rotatable bonds is 2. The van der Waals surface area contributed by atoms with Crippen LogP contribution in [0.25, 0.3) is 0 Å². The van der Waals surface area contributed by atoms with Crippen LogP contribution >= 0.6 is 11.3 Å². The van der Waals surface area contributed by atoms with E-state index in [4.69, 9.17) is 5.73 Å². The Morgan fingerprint density at radius 2 is 2.29 bits per heavy atom. The van der Waals surface area contributed by atoms with Gasteiger partial charge in [-0.3, -0.25) is 0 Å². The van der Waals surface area contributed by atoms with Crippen molar-refractivity contribution in [3.63, 3.8) is 0 Å². The van der Waals surface area contributed by atoms with Crippen molar-refractivity contribution in [1.29, 1.82) is 0 Å². The number of nitrogens with two attached hydrogens (primary N) is 1. The maximum Gasteiger partial charge on any atom is 0.187 e. The number of anilines is 3. The molecular weight excluding hydrogens is 194 g/mol. The van der Waals surface area contributed by atoms with E-state index in [9.17, 15) is 0 Å². The molecule has 0 aliphatic carbocycles. The minimum atomic E-state index is 0.759.